The molecule has 2 fully saturated rings. The lowest BCUT2D eigenvalue weighted by molar-refractivity contribution is 0.277. The summed E-state index contributed by atoms with van der Waals surface area (Å²) >= 11 is 0. The van der Waals surface area contributed by atoms with Gasteiger partial charge in [0, 0.05) is 25.2 Å². The van der Waals surface area contributed by atoms with E-state index in [1.54, 1.807) is 0 Å². The van der Waals surface area contributed by atoms with E-state index in [1.807, 2.05) is 0 Å². The van der Waals surface area contributed by atoms with Crippen LogP contribution in [0.15, 0.2) is 0 Å². The monoisotopic (exact) mass is 193 g/mol. The highest BCUT2D eigenvalue weighted by Gasteiger charge is 2.36. The van der Waals surface area contributed by atoms with E-state index in [9.17, 15) is 0 Å². The molecule has 0 aromatic rings. The number of nitrogens with two attached hydrogens (primary N) is 1. The zero-order chi connectivity index (χ0) is 10.2. The highest BCUT2D eigenvalue weighted by Crippen LogP contribution is 2.37. The lowest BCUT2D eigenvalue weighted by Gasteiger charge is -2.21. The summed E-state index contributed by atoms with van der Waals surface area (Å²) < 4.78 is 0. The topological polar surface area (TPSA) is 53.0 Å². The van der Waals surface area contributed by atoms with E-state index in [2.05, 4.69) is 17.9 Å². The second-order valence-electron chi connectivity index (χ2n) is 5.21. The van der Waals surface area contributed by atoms with E-state index in [-0.39, 0.29) is 11.5 Å². The molecule has 1 aliphatic heterocycles. The van der Waals surface area contributed by atoms with Crippen LogP contribution < -0.4 is 5.73 Å². The Morgan fingerprint density at radius 3 is 2.79 bits per heavy atom. The van der Waals surface area contributed by atoms with Gasteiger partial charge in [-0.15, -0.1) is 0 Å². The highest BCUT2D eigenvalue weighted by atomic mass is 15.2. The fraction of sp³-hybridized carbons (Fsp3) is 0.909. The number of nitriles is 1. The molecule has 1 saturated carbocycles. The lowest BCUT2D eigenvalue weighted by atomic mass is 10.0. The Morgan fingerprint density at radius 1 is 1.64 bits per heavy atom. The van der Waals surface area contributed by atoms with E-state index in [0.717, 1.165) is 26.1 Å². The molecule has 2 aliphatic rings. The molecule has 0 aromatic carbocycles. The number of likely N-dealkylation sites (tertiary alicyclic amines) is 1. The predicted octanol–water partition coefficient (Wildman–Crippen LogP) is 0.959. The Labute approximate surface area is 85.9 Å². The van der Waals surface area contributed by atoms with E-state index >= 15 is 0 Å². The van der Waals surface area contributed by atoms with Gasteiger partial charge in [-0.3, -0.25) is 0 Å². The Kier molecular flexibility index (Phi) is 2.50. The van der Waals surface area contributed by atoms with Crippen LogP contribution in [0.2, 0.25) is 0 Å². The molecule has 0 radical (unpaired) electrons. The van der Waals surface area contributed by atoms with Crippen molar-refractivity contribution in [3.8, 4) is 6.07 Å². The molecule has 2 atom stereocenters. The average Bonchev–Trinajstić information content (AvgIpc) is 2.88. The average molecular weight is 193 g/mol. The molecule has 0 amide bonds. The minimum absolute atomic E-state index is 0.0242. The summed E-state index contributed by atoms with van der Waals surface area (Å²) in [7, 11) is 0. The zero-order valence-corrected chi connectivity index (χ0v) is 8.87. The Morgan fingerprint density at radius 2 is 2.36 bits per heavy atom. The maximum absolute atomic E-state index is 9.02. The van der Waals surface area contributed by atoms with Gasteiger partial charge >= 0.3 is 0 Å². The van der Waals surface area contributed by atoms with E-state index < -0.39 is 0 Å². The molecule has 2 unspecified atom stereocenters. The number of hydrogen-bond donors (Lipinski definition) is 1. The maximum atomic E-state index is 9.02. The largest absolute Gasteiger partial charge is 0.324 e. The summed E-state index contributed by atoms with van der Waals surface area (Å²) in [5, 5.41) is 9.02. The van der Waals surface area contributed by atoms with Crippen molar-refractivity contribution in [3.05, 3.63) is 0 Å². The molecule has 1 aliphatic carbocycles. The first-order valence-corrected chi connectivity index (χ1v) is 5.51. The minimum Gasteiger partial charge on any atom is -0.324 e. The third-order valence-corrected chi connectivity index (χ3v) is 3.40. The second kappa shape index (κ2) is 3.52. The van der Waals surface area contributed by atoms with E-state index in [4.69, 9.17) is 11.0 Å². The fourth-order valence-corrected chi connectivity index (χ4v) is 2.31. The number of nitrogens with zero attached hydrogens (tertiary/aromatic N) is 2. The highest BCUT2D eigenvalue weighted by molar-refractivity contribution is 4.99. The van der Waals surface area contributed by atoms with Gasteiger partial charge in [-0.2, -0.15) is 5.26 Å². The van der Waals surface area contributed by atoms with Gasteiger partial charge < -0.3 is 10.6 Å². The van der Waals surface area contributed by atoms with Gasteiger partial charge in [-0.1, -0.05) is 0 Å². The summed E-state index contributed by atoms with van der Waals surface area (Å²) in [6.45, 7) is 5.06. The standard InChI is InChI=1S/C11H19N3/c1-11(13)4-5-14(8-11)7-10(6-12)9-2-3-9/h9-10H,2-5,7-8,13H2,1H3. The normalized spacial score (nSPS) is 35.5. The Balaban J connectivity index is 1.83. The van der Waals surface area contributed by atoms with Crippen LogP contribution in [0.3, 0.4) is 0 Å². The molecule has 2 rings (SSSR count). The van der Waals surface area contributed by atoms with Crippen molar-refractivity contribution in [2.45, 2.75) is 31.7 Å². The van der Waals surface area contributed by atoms with Crippen LogP contribution in [0.1, 0.15) is 26.2 Å². The smallest absolute Gasteiger partial charge is 0.0672 e. The molecule has 1 saturated heterocycles. The fourth-order valence-electron chi connectivity index (χ4n) is 2.31. The molecule has 3 nitrogen and oxygen atoms in total. The summed E-state index contributed by atoms with van der Waals surface area (Å²) in [5.74, 6) is 0.938. The van der Waals surface area contributed by atoms with E-state index in [1.165, 1.54) is 12.8 Å². The molecule has 0 spiro atoms. The Bertz CT molecular complexity index is 250. The molecule has 14 heavy (non-hydrogen) atoms. The SMILES string of the molecule is CC1(N)CCN(CC(C#N)C2CC2)C1. The lowest BCUT2D eigenvalue weighted by Crippen LogP contribution is -2.40. The van der Waals surface area contributed by atoms with Crippen molar-refractivity contribution in [1.29, 1.82) is 5.26 Å². The van der Waals surface area contributed by atoms with Crippen LogP contribution in [-0.4, -0.2) is 30.1 Å². The van der Waals surface area contributed by atoms with Crippen molar-refractivity contribution in [1.82, 2.24) is 4.90 Å². The first-order chi connectivity index (χ1) is 6.61. The van der Waals surface area contributed by atoms with Gasteiger partial charge in [0.25, 0.3) is 0 Å². The molecule has 3 heteroatoms. The van der Waals surface area contributed by atoms with Crippen LogP contribution in [0, 0.1) is 23.2 Å². The third kappa shape index (κ3) is 2.26. The summed E-state index contributed by atoms with van der Waals surface area (Å²) in [6.07, 6.45) is 3.58. The summed E-state index contributed by atoms with van der Waals surface area (Å²) in [5.41, 5.74) is 6.03. The Hall–Kier alpha value is -0.590. The van der Waals surface area contributed by atoms with Gasteiger partial charge in [0.2, 0.25) is 0 Å². The summed E-state index contributed by atoms with van der Waals surface area (Å²) in [4.78, 5) is 2.35. The van der Waals surface area contributed by atoms with Crippen molar-refractivity contribution in [3.63, 3.8) is 0 Å². The van der Waals surface area contributed by atoms with Crippen molar-refractivity contribution >= 4 is 0 Å². The first kappa shape index (κ1) is 9.95. The second-order valence-corrected chi connectivity index (χ2v) is 5.21. The van der Waals surface area contributed by atoms with Gasteiger partial charge in [-0.05, 0) is 32.1 Å². The van der Waals surface area contributed by atoms with Gasteiger partial charge in [0.05, 0.1) is 12.0 Å². The third-order valence-electron chi connectivity index (χ3n) is 3.40. The van der Waals surface area contributed by atoms with Crippen LogP contribution in [-0.2, 0) is 0 Å². The molecular weight excluding hydrogens is 174 g/mol. The van der Waals surface area contributed by atoms with Crippen molar-refractivity contribution in [2.75, 3.05) is 19.6 Å². The van der Waals surface area contributed by atoms with Crippen LogP contribution in [0.25, 0.3) is 0 Å². The van der Waals surface area contributed by atoms with Crippen LogP contribution in [0.4, 0.5) is 0 Å². The zero-order valence-electron chi connectivity index (χ0n) is 8.87. The van der Waals surface area contributed by atoms with Gasteiger partial charge in [0.15, 0.2) is 0 Å². The number of rotatable bonds is 3. The molecule has 0 aromatic heterocycles. The van der Waals surface area contributed by atoms with Crippen LogP contribution >= 0.6 is 0 Å². The van der Waals surface area contributed by atoms with Crippen LogP contribution in [0.5, 0.6) is 0 Å². The maximum Gasteiger partial charge on any atom is 0.0672 e. The summed E-state index contributed by atoms with van der Waals surface area (Å²) in [6, 6.07) is 2.44. The molecule has 78 valence electrons. The van der Waals surface area contributed by atoms with Gasteiger partial charge in [0.1, 0.15) is 0 Å². The predicted molar refractivity (Wildman–Crippen MR) is 55.5 cm³/mol. The number of hydrogen-bond acceptors (Lipinski definition) is 3. The van der Waals surface area contributed by atoms with E-state index in [0.29, 0.717) is 5.92 Å². The molecular formula is C11H19N3. The van der Waals surface area contributed by atoms with Gasteiger partial charge in [-0.25, -0.2) is 0 Å². The minimum atomic E-state index is -0.0242. The molecule has 1 heterocycles. The molecule has 0 bridgehead atoms. The van der Waals surface area contributed by atoms with Crippen molar-refractivity contribution in [2.24, 2.45) is 17.6 Å². The molecule has 2 N–H and O–H groups in total. The van der Waals surface area contributed by atoms with Crippen molar-refractivity contribution < 1.29 is 0 Å². The quantitative estimate of drug-likeness (QED) is 0.726. The first-order valence-electron chi connectivity index (χ1n) is 5.51.